The van der Waals surface area contributed by atoms with Gasteiger partial charge in [-0.25, -0.2) is 0 Å². The summed E-state index contributed by atoms with van der Waals surface area (Å²) >= 11 is 2.09. The highest BCUT2D eigenvalue weighted by molar-refractivity contribution is 7.99. The van der Waals surface area contributed by atoms with E-state index in [9.17, 15) is 0 Å². The Morgan fingerprint density at radius 1 is 1.17 bits per heavy atom. The quantitative estimate of drug-likeness (QED) is 0.825. The smallest absolute Gasteiger partial charge is 0.0106 e. The van der Waals surface area contributed by atoms with Gasteiger partial charge in [-0.3, -0.25) is 0 Å². The number of likely N-dealkylation sites (tertiary alicyclic amines) is 1. The molecule has 0 aromatic carbocycles. The molecule has 3 rings (SSSR count). The van der Waals surface area contributed by atoms with Crippen LogP contribution in [0.2, 0.25) is 0 Å². The summed E-state index contributed by atoms with van der Waals surface area (Å²) in [6, 6.07) is 1.79. The lowest BCUT2D eigenvalue weighted by molar-refractivity contribution is 0.187. The number of nitrogens with one attached hydrogen (secondary N) is 1. The van der Waals surface area contributed by atoms with E-state index < -0.39 is 0 Å². The van der Waals surface area contributed by atoms with E-state index in [1.165, 1.54) is 64.6 Å². The molecule has 3 unspecified atom stereocenters. The Morgan fingerprint density at radius 2 is 2.06 bits per heavy atom. The number of nitrogens with zero attached hydrogens (tertiary/aromatic N) is 1. The van der Waals surface area contributed by atoms with Crippen molar-refractivity contribution in [3.05, 3.63) is 0 Å². The second-order valence-electron chi connectivity index (χ2n) is 6.51. The van der Waals surface area contributed by atoms with Gasteiger partial charge in [-0.1, -0.05) is 6.42 Å². The molecule has 1 saturated heterocycles. The van der Waals surface area contributed by atoms with E-state index in [2.05, 4.69) is 28.2 Å². The second-order valence-corrected chi connectivity index (χ2v) is 7.65. The molecule has 2 aliphatic carbocycles. The third-order valence-corrected chi connectivity index (χ3v) is 6.13. The van der Waals surface area contributed by atoms with Crippen molar-refractivity contribution in [3.8, 4) is 0 Å². The van der Waals surface area contributed by atoms with Gasteiger partial charge >= 0.3 is 0 Å². The van der Waals surface area contributed by atoms with E-state index in [1.807, 2.05) is 0 Å². The molecule has 3 aliphatic rings. The zero-order chi connectivity index (χ0) is 12.4. The predicted molar refractivity (Wildman–Crippen MR) is 80.3 cm³/mol. The molecule has 0 aromatic rings. The number of rotatable bonds is 5. The Kier molecular flexibility index (Phi) is 4.53. The molecule has 2 saturated carbocycles. The largest absolute Gasteiger partial charge is 0.314 e. The maximum absolute atomic E-state index is 3.71. The van der Waals surface area contributed by atoms with Crippen molar-refractivity contribution in [1.82, 2.24) is 10.2 Å². The van der Waals surface area contributed by atoms with Crippen LogP contribution in [0.15, 0.2) is 0 Å². The maximum atomic E-state index is 3.71. The Balaban J connectivity index is 1.42. The third kappa shape index (κ3) is 3.43. The summed E-state index contributed by atoms with van der Waals surface area (Å²) in [7, 11) is 0. The fourth-order valence-corrected chi connectivity index (χ4v) is 4.46. The molecule has 2 nitrogen and oxygen atoms in total. The zero-order valence-corrected chi connectivity index (χ0v) is 12.6. The first-order chi connectivity index (χ1) is 8.85. The van der Waals surface area contributed by atoms with Crippen LogP contribution in [0.25, 0.3) is 0 Å². The summed E-state index contributed by atoms with van der Waals surface area (Å²) in [5.41, 5.74) is 0. The summed E-state index contributed by atoms with van der Waals surface area (Å²) in [4.78, 5) is 2.81. The minimum atomic E-state index is 0.884. The molecular weight excluding hydrogens is 240 g/mol. The summed E-state index contributed by atoms with van der Waals surface area (Å²) in [6.45, 7) is 4.01. The number of thioether (sulfide) groups is 1. The van der Waals surface area contributed by atoms with Crippen LogP contribution in [-0.4, -0.2) is 48.1 Å². The van der Waals surface area contributed by atoms with Crippen LogP contribution in [-0.2, 0) is 0 Å². The van der Waals surface area contributed by atoms with Crippen LogP contribution in [0, 0.1) is 5.92 Å². The molecule has 0 spiro atoms. The molecule has 0 radical (unpaired) electrons. The molecule has 1 N–H and O–H groups in total. The molecule has 3 fully saturated rings. The molecule has 0 amide bonds. The van der Waals surface area contributed by atoms with Gasteiger partial charge in [0.05, 0.1) is 0 Å². The third-order valence-electron chi connectivity index (χ3n) is 5.04. The van der Waals surface area contributed by atoms with Crippen molar-refractivity contribution in [2.75, 3.05) is 25.9 Å². The van der Waals surface area contributed by atoms with Gasteiger partial charge in [0.2, 0.25) is 0 Å². The van der Waals surface area contributed by atoms with Crippen LogP contribution in [0.1, 0.15) is 44.9 Å². The SMILES string of the molecule is CSC1CCCC(N2CCC(CNC3CC3)C2)C1. The lowest BCUT2D eigenvalue weighted by atomic mass is 9.94. The predicted octanol–water partition coefficient (Wildman–Crippen LogP) is 2.73. The van der Waals surface area contributed by atoms with Gasteiger partial charge in [-0.2, -0.15) is 11.8 Å². The van der Waals surface area contributed by atoms with E-state index in [-0.39, 0.29) is 0 Å². The van der Waals surface area contributed by atoms with E-state index in [4.69, 9.17) is 0 Å². The van der Waals surface area contributed by atoms with Crippen molar-refractivity contribution in [2.24, 2.45) is 5.92 Å². The molecule has 18 heavy (non-hydrogen) atoms. The Bertz CT molecular complexity index is 267. The van der Waals surface area contributed by atoms with Gasteiger partial charge in [0.25, 0.3) is 0 Å². The van der Waals surface area contributed by atoms with E-state index in [1.54, 1.807) is 0 Å². The normalized spacial score (nSPS) is 38.2. The average molecular weight is 268 g/mol. The van der Waals surface area contributed by atoms with Crippen molar-refractivity contribution in [3.63, 3.8) is 0 Å². The first kappa shape index (κ1) is 13.3. The van der Waals surface area contributed by atoms with Crippen molar-refractivity contribution in [1.29, 1.82) is 0 Å². The zero-order valence-electron chi connectivity index (χ0n) is 11.7. The molecule has 3 atom stereocenters. The van der Waals surface area contributed by atoms with Crippen LogP contribution in [0.4, 0.5) is 0 Å². The molecule has 1 heterocycles. The highest BCUT2D eigenvalue weighted by Gasteiger charge is 2.32. The average Bonchev–Trinajstić information content (AvgIpc) is 3.13. The van der Waals surface area contributed by atoms with Gasteiger partial charge < -0.3 is 10.2 Å². The monoisotopic (exact) mass is 268 g/mol. The lowest BCUT2D eigenvalue weighted by Crippen LogP contribution is -2.38. The molecule has 0 aromatic heterocycles. The van der Waals surface area contributed by atoms with Crippen molar-refractivity contribution in [2.45, 2.75) is 62.3 Å². The Labute approximate surface area is 116 Å². The van der Waals surface area contributed by atoms with E-state index in [0.29, 0.717) is 0 Å². The van der Waals surface area contributed by atoms with Gasteiger partial charge in [0.1, 0.15) is 0 Å². The standard InChI is InChI=1S/C15H28N2S/c1-18-15-4-2-3-14(9-15)17-8-7-12(11-17)10-16-13-5-6-13/h12-16H,2-11H2,1H3. The molecule has 1 aliphatic heterocycles. The first-order valence-electron chi connectivity index (χ1n) is 7.85. The maximum Gasteiger partial charge on any atom is 0.0106 e. The van der Waals surface area contributed by atoms with Gasteiger partial charge in [-0.05, 0) is 63.8 Å². The second kappa shape index (κ2) is 6.15. The Morgan fingerprint density at radius 3 is 2.83 bits per heavy atom. The molecule has 0 bridgehead atoms. The summed E-state index contributed by atoms with van der Waals surface area (Å²) in [5.74, 6) is 0.931. The summed E-state index contributed by atoms with van der Waals surface area (Å²) in [6.07, 6.45) is 12.4. The highest BCUT2D eigenvalue weighted by Crippen LogP contribution is 2.32. The van der Waals surface area contributed by atoms with Crippen LogP contribution < -0.4 is 5.32 Å². The van der Waals surface area contributed by atoms with Gasteiger partial charge in [0, 0.05) is 23.9 Å². The van der Waals surface area contributed by atoms with Crippen LogP contribution >= 0.6 is 11.8 Å². The topological polar surface area (TPSA) is 15.3 Å². The van der Waals surface area contributed by atoms with Crippen molar-refractivity contribution < 1.29 is 0 Å². The molecular formula is C15H28N2S. The fourth-order valence-electron chi connectivity index (χ4n) is 3.65. The minimum Gasteiger partial charge on any atom is -0.314 e. The minimum absolute atomic E-state index is 0.884. The van der Waals surface area contributed by atoms with E-state index >= 15 is 0 Å². The van der Waals surface area contributed by atoms with Crippen molar-refractivity contribution >= 4 is 11.8 Å². The molecule has 104 valence electrons. The molecule has 3 heteroatoms. The van der Waals surface area contributed by atoms with Gasteiger partial charge in [0.15, 0.2) is 0 Å². The number of hydrogen-bond acceptors (Lipinski definition) is 3. The lowest BCUT2D eigenvalue weighted by Gasteiger charge is -2.34. The number of hydrogen-bond donors (Lipinski definition) is 1. The van der Waals surface area contributed by atoms with Crippen LogP contribution in [0.5, 0.6) is 0 Å². The summed E-state index contributed by atoms with van der Waals surface area (Å²) in [5, 5.41) is 4.65. The van der Waals surface area contributed by atoms with Crippen LogP contribution in [0.3, 0.4) is 0 Å². The summed E-state index contributed by atoms with van der Waals surface area (Å²) < 4.78 is 0. The van der Waals surface area contributed by atoms with Gasteiger partial charge in [-0.15, -0.1) is 0 Å². The van der Waals surface area contributed by atoms with E-state index in [0.717, 1.165) is 23.3 Å². The Hall–Kier alpha value is 0.270. The highest BCUT2D eigenvalue weighted by atomic mass is 32.2. The fraction of sp³-hybridized carbons (Fsp3) is 1.00. The first-order valence-corrected chi connectivity index (χ1v) is 9.14.